The molecule has 0 saturated heterocycles. The van der Waals surface area contributed by atoms with Crippen LogP contribution in [0.25, 0.3) is 16.1 Å². The topological polar surface area (TPSA) is 214 Å². The molecule has 22 heteroatoms. The summed E-state index contributed by atoms with van der Waals surface area (Å²) in [5, 5.41) is 53.1. The van der Waals surface area contributed by atoms with Crippen LogP contribution in [0.5, 0.6) is 0 Å². The first-order chi connectivity index (χ1) is 30.8. The van der Waals surface area contributed by atoms with Crippen LogP contribution < -0.4 is 0 Å². The fourth-order valence-electron chi connectivity index (χ4n) is 4.29. The van der Waals surface area contributed by atoms with E-state index in [9.17, 15) is 14.4 Å². The first-order valence-corrected chi connectivity index (χ1v) is 21.9. The number of H-pyrrole nitrogens is 1. The summed E-state index contributed by atoms with van der Waals surface area (Å²) in [6.07, 6.45) is -0.268. The van der Waals surface area contributed by atoms with Gasteiger partial charge in [0.25, 0.3) is 0 Å². The van der Waals surface area contributed by atoms with Crippen LogP contribution in [-0.2, 0) is 0 Å². The molecular formula is C44H25BrCl10N8O3. The van der Waals surface area contributed by atoms with Crippen molar-refractivity contribution < 1.29 is 14.4 Å². The lowest BCUT2D eigenvalue weighted by atomic mass is 10.0. The maximum absolute atomic E-state index is 11.6. The van der Waals surface area contributed by atoms with E-state index in [2.05, 4.69) is 25.8 Å². The third-order valence-corrected chi connectivity index (χ3v) is 11.3. The van der Waals surface area contributed by atoms with Gasteiger partial charge in [-0.1, -0.05) is 126 Å². The van der Waals surface area contributed by atoms with Crippen LogP contribution in [0, 0.1) is 86.4 Å². The quantitative estimate of drug-likeness (QED) is 0.0843. The Labute approximate surface area is 439 Å². The zero-order valence-electron chi connectivity index (χ0n) is 33.0. The molecule has 0 aliphatic rings. The van der Waals surface area contributed by atoms with Gasteiger partial charge >= 0.3 is 0 Å². The Morgan fingerprint density at radius 3 is 1.17 bits per heavy atom. The number of carbonyl (C=O) groups is 3. The number of nitrogens with zero attached hydrogens (tertiary/aromatic N) is 7. The molecule has 0 fully saturated rings. The summed E-state index contributed by atoms with van der Waals surface area (Å²) in [7, 11) is 0. The van der Waals surface area contributed by atoms with E-state index in [4.69, 9.17) is 143 Å². The smallest absolute Gasteiger partial charge is 0.223 e. The van der Waals surface area contributed by atoms with Gasteiger partial charge in [0.05, 0.1) is 88.5 Å². The minimum absolute atomic E-state index is 0. The Balaban J connectivity index is 0.000000824. The Morgan fingerprint density at radius 1 is 0.545 bits per heavy atom. The van der Waals surface area contributed by atoms with Crippen molar-refractivity contribution >= 4 is 156 Å². The number of alkyl halides is 1. The summed E-state index contributed by atoms with van der Waals surface area (Å²) in [5.74, 6) is -2.46. The lowest BCUT2D eigenvalue weighted by Crippen LogP contribution is -2.05. The SMILES string of the molecule is Cl.N#CC(C#N)CC(=O)c1ccc(Cl)c(Cl)c1.N#CC(C#N)CC(=O)c1ccc(Cl)c(Cl)c1.N#CCC#N.O=C(CBr)c1ccc(Cl)c(Cl)c1.[C-]#[N+]c1cc(-c2ccc(Cl)c(Cl)c2)[nH]c1Cl. The number of aromatic nitrogens is 1. The van der Waals surface area contributed by atoms with E-state index in [0.717, 1.165) is 11.3 Å². The number of Topliss-reactive ketones (excluding diaryl/α,β-unsaturated/α-hetero) is 3. The fraction of sp³-hybridized carbons (Fsp3) is 0.136. The molecule has 4 aromatic carbocycles. The van der Waals surface area contributed by atoms with Gasteiger partial charge in [0.15, 0.2) is 17.3 Å². The largest absolute Gasteiger partial charge is 0.355 e. The summed E-state index contributed by atoms with van der Waals surface area (Å²) in [4.78, 5) is 40.6. The molecule has 5 aromatic rings. The number of hydrogen-bond acceptors (Lipinski definition) is 9. The van der Waals surface area contributed by atoms with Gasteiger partial charge in [-0.25, -0.2) is 4.85 Å². The van der Waals surface area contributed by atoms with E-state index < -0.39 is 11.8 Å². The van der Waals surface area contributed by atoms with Gasteiger partial charge < -0.3 is 4.98 Å². The summed E-state index contributed by atoms with van der Waals surface area (Å²) in [6, 6.07) is 30.9. The van der Waals surface area contributed by atoms with Gasteiger partial charge in [-0.05, 0) is 78.4 Å². The number of halogens is 11. The second-order valence-electron chi connectivity index (χ2n) is 11.9. The number of nitriles is 6. The number of aromatic amines is 1. The highest BCUT2D eigenvalue weighted by Gasteiger charge is 2.16. The van der Waals surface area contributed by atoms with Crippen LogP contribution in [0.3, 0.4) is 0 Å². The number of nitrogens with one attached hydrogen (secondary N) is 1. The second kappa shape index (κ2) is 32.6. The Hall–Kier alpha value is -5.02. The molecule has 1 aromatic heterocycles. The van der Waals surface area contributed by atoms with E-state index in [1.165, 1.54) is 36.4 Å². The van der Waals surface area contributed by atoms with Gasteiger partial charge in [-0.2, -0.15) is 31.6 Å². The van der Waals surface area contributed by atoms with Crippen molar-refractivity contribution in [3.8, 4) is 47.7 Å². The second-order valence-corrected chi connectivity index (χ2v) is 16.1. The summed E-state index contributed by atoms with van der Waals surface area (Å²) >= 11 is 54.9. The summed E-state index contributed by atoms with van der Waals surface area (Å²) < 4.78 is 0. The maximum atomic E-state index is 11.6. The number of rotatable bonds is 9. The zero-order chi connectivity index (χ0) is 49.2. The maximum Gasteiger partial charge on any atom is 0.223 e. The van der Waals surface area contributed by atoms with Gasteiger partial charge in [-0.3, -0.25) is 14.4 Å². The van der Waals surface area contributed by atoms with Gasteiger partial charge in [0, 0.05) is 35.2 Å². The molecule has 1 N–H and O–H groups in total. The third kappa shape index (κ3) is 21.1. The lowest BCUT2D eigenvalue weighted by Gasteiger charge is -2.02. The fourth-order valence-corrected chi connectivity index (χ4v) is 6.00. The molecule has 11 nitrogen and oxygen atoms in total. The van der Waals surface area contributed by atoms with Crippen molar-refractivity contribution in [1.82, 2.24) is 4.98 Å². The predicted molar refractivity (Wildman–Crippen MR) is 265 cm³/mol. The van der Waals surface area contributed by atoms with Crippen LogP contribution in [0.15, 0.2) is 78.9 Å². The molecule has 0 aliphatic carbocycles. The van der Waals surface area contributed by atoms with Gasteiger partial charge in [0.1, 0.15) is 23.4 Å². The molecule has 1 heterocycles. The van der Waals surface area contributed by atoms with E-state index >= 15 is 0 Å². The summed E-state index contributed by atoms with van der Waals surface area (Å²) in [6.45, 7) is 6.91. The Kier molecular flexibility index (Phi) is 30.1. The number of ketones is 3. The molecule has 0 amide bonds. The highest BCUT2D eigenvalue weighted by molar-refractivity contribution is 9.09. The first kappa shape index (κ1) is 61.0. The Bertz CT molecular complexity index is 2690. The highest BCUT2D eigenvalue weighted by atomic mass is 79.9. The molecule has 5 rings (SSSR count). The molecule has 0 spiro atoms. The monoisotopic (exact) mass is 1140 g/mol. The summed E-state index contributed by atoms with van der Waals surface area (Å²) in [5.41, 5.74) is 3.25. The molecule has 0 atom stereocenters. The minimum Gasteiger partial charge on any atom is -0.355 e. The predicted octanol–water partition coefficient (Wildman–Crippen LogP) is 16.1. The van der Waals surface area contributed by atoms with E-state index in [-0.39, 0.29) is 59.1 Å². The lowest BCUT2D eigenvalue weighted by molar-refractivity contribution is 0.0968. The van der Waals surface area contributed by atoms with Crippen LogP contribution in [-0.4, -0.2) is 27.7 Å². The van der Waals surface area contributed by atoms with Crippen molar-refractivity contribution in [2.24, 2.45) is 11.8 Å². The molecule has 0 radical (unpaired) electrons. The van der Waals surface area contributed by atoms with E-state index in [0.29, 0.717) is 63.0 Å². The molecule has 0 bridgehead atoms. The standard InChI is InChI=1S/C11H5Cl3N2.2C11H6Cl2N2O.C8H5BrCl2O.C3H2N2.ClH/c1-15-10-5-9(16-11(10)14)6-2-3-7(12)8(13)4-6;2*12-9-2-1-8(4-10(9)13)11(16)3-7(5-14)6-15;9-4-8(12)5-1-2-6(10)7(11)3-5;4-2-1-3-5;/h2-5,16H;2*1-2,4,7H,3H2;1-3H,4H2;1H2;1H. The first-order valence-electron chi connectivity index (χ1n) is 17.4. The van der Waals surface area contributed by atoms with Crippen molar-refractivity contribution in [3.63, 3.8) is 0 Å². The van der Waals surface area contributed by atoms with E-state index in [1.54, 1.807) is 72.8 Å². The van der Waals surface area contributed by atoms with Gasteiger partial charge in [-0.15, -0.1) is 12.4 Å². The average Bonchev–Trinajstić information content (AvgIpc) is 3.69. The van der Waals surface area contributed by atoms with Crippen molar-refractivity contribution in [2.75, 3.05) is 5.33 Å². The van der Waals surface area contributed by atoms with Crippen LogP contribution in [0.2, 0.25) is 45.3 Å². The van der Waals surface area contributed by atoms with E-state index in [1.807, 2.05) is 6.07 Å². The number of benzene rings is 4. The van der Waals surface area contributed by atoms with Crippen molar-refractivity contribution in [1.29, 1.82) is 31.6 Å². The number of carbonyl (C=O) groups excluding carboxylic acids is 3. The average molecular weight is 1150 g/mol. The van der Waals surface area contributed by atoms with Crippen molar-refractivity contribution in [2.45, 2.75) is 19.3 Å². The van der Waals surface area contributed by atoms with Crippen LogP contribution >= 0.6 is 133 Å². The molecule has 0 unspecified atom stereocenters. The van der Waals surface area contributed by atoms with Crippen LogP contribution in [0.1, 0.15) is 50.3 Å². The molecule has 66 heavy (non-hydrogen) atoms. The molecule has 336 valence electrons. The Morgan fingerprint density at radius 2 is 0.894 bits per heavy atom. The molecular weight excluding hydrogens is 1120 g/mol. The highest BCUT2D eigenvalue weighted by Crippen LogP contribution is 2.34. The normalized spacial score (nSPS) is 9.23. The molecule has 0 saturated carbocycles. The zero-order valence-corrected chi connectivity index (χ0v) is 42.2. The molecule has 0 aliphatic heterocycles. The number of hydrogen-bond donors (Lipinski definition) is 1. The third-order valence-electron chi connectivity index (χ3n) is 7.51. The van der Waals surface area contributed by atoms with Crippen molar-refractivity contribution in [3.05, 3.63) is 152 Å². The minimum atomic E-state index is -0.929. The van der Waals surface area contributed by atoms with Gasteiger partial charge in [0.2, 0.25) is 5.69 Å². The van der Waals surface area contributed by atoms with Crippen LogP contribution in [0.4, 0.5) is 5.69 Å².